The van der Waals surface area contributed by atoms with Gasteiger partial charge in [-0.2, -0.15) is 0 Å². The first-order valence-corrected chi connectivity index (χ1v) is 8.48. The molecule has 1 aliphatic heterocycles. The van der Waals surface area contributed by atoms with Crippen LogP contribution in [0.1, 0.15) is 30.1 Å². The molecule has 2 aromatic rings. The van der Waals surface area contributed by atoms with Gasteiger partial charge in [-0.15, -0.1) is 0 Å². The summed E-state index contributed by atoms with van der Waals surface area (Å²) in [4.78, 5) is 2.14. The average Bonchev–Trinajstić information content (AvgIpc) is 2.58. The number of nitrogens with zero attached hydrogens (tertiary/aromatic N) is 1. The molecule has 1 atom stereocenters. The number of hydrogen-bond acceptors (Lipinski definition) is 3. The molecular weight excluding hydrogens is 329 g/mol. The molecule has 0 aromatic heterocycles. The summed E-state index contributed by atoms with van der Waals surface area (Å²) in [6.07, 6.45) is 0.539. The Balaban J connectivity index is 1.58. The summed E-state index contributed by atoms with van der Waals surface area (Å²) in [6.45, 7) is 1.87. The number of hydrogen-bond donors (Lipinski definition) is 2. The fraction of sp³-hybridized carbons (Fsp3) is 0.368. The summed E-state index contributed by atoms with van der Waals surface area (Å²) in [7, 11) is 0. The number of rotatable bonds is 4. The molecule has 2 N–H and O–H groups in total. The molecule has 128 valence electrons. The number of benzene rings is 2. The van der Waals surface area contributed by atoms with Gasteiger partial charge in [0, 0.05) is 24.7 Å². The Labute approximate surface area is 146 Å². The highest BCUT2D eigenvalue weighted by molar-refractivity contribution is 6.30. The van der Waals surface area contributed by atoms with E-state index in [9.17, 15) is 14.6 Å². The van der Waals surface area contributed by atoms with E-state index in [-0.39, 0.29) is 5.82 Å². The van der Waals surface area contributed by atoms with Crippen LogP contribution in [0.3, 0.4) is 0 Å². The van der Waals surface area contributed by atoms with Gasteiger partial charge in [0.05, 0.1) is 11.7 Å². The summed E-state index contributed by atoms with van der Waals surface area (Å²) < 4.78 is 13.0. The van der Waals surface area contributed by atoms with Gasteiger partial charge in [-0.3, -0.25) is 0 Å². The second-order valence-corrected chi connectivity index (χ2v) is 6.84. The Hall–Kier alpha value is -1.46. The summed E-state index contributed by atoms with van der Waals surface area (Å²) in [6, 6.07) is 13.2. The maximum atomic E-state index is 13.0. The standard InChI is InChI=1S/C19H21ClFNO2/c20-16-5-1-14(2-6-16)18(23)13-22-11-9-19(24,10-12-22)15-3-7-17(21)8-4-15/h1-8,18,23-24H,9-13H2. The van der Waals surface area contributed by atoms with Crippen molar-refractivity contribution in [3.05, 3.63) is 70.5 Å². The molecule has 1 aliphatic rings. The number of aliphatic hydroxyl groups is 2. The van der Waals surface area contributed by atoms with Crippen molar-refractivity contribution in [2.75, 3.05) is 19.6 Å². The van der Waals surface area contributed by atoms with E-state index in [1.54, 1.807) is 24.3 Å². The van der Waals surface area contributed by atoms with Crippen molar-refractivity contribution in [2.45, 2.75) is 24.5 Å². The minimum atomic E-state index is -0.921. The van der Waals surface area contributed by atoms with E-state index in [0.29, 0.717) is 37.5 Å². The molecule has 0 amide bonds. The van der Waals surface area contributed by atoms with Crippen LogP contribution >= 0.6 is 11.6 Å². The summed E-state index contributed by atoms with van der Waals surface area (Å²) >= 11 is 5.86. The lowest BCUT2D eigenvalue weighted by atomic mass is 9.84. The molecule has 0 saturated carbocycles. The minimum Gasteiger partial charge on any atom is -0.387 e. The molecule has 24 heavy (non-hydrogen) atoms. The number of halogens is 2. The molecule has 1 unspecified atom stereocenters. The van der Waals surface area contributed by atoms with Gasteiger partial charge in [-0.1, -0.05) is 35.9 Å². The van der Waals surface area contributed by atoms with Crippen LogP contribution in [0.4, 0.5) is 4.39 Å². The zero-order valence-corrected chi connectivity index (χ0v) is 14.1. The van der Waals surface area contributed by atoms with Crippen LogP contribution in [-0.4, -0.2) is 34.7 Å². The van der Waals surface area contributed by atoms with E-state index < -0.39 is 11.7 Å². The van der Waals surface area contributed by atoms with Crippen LogP contribution in [0.5, 0.6) is 0 Å². The highest BCUT2D eigenvalue weighted by atomic mass is 35.5. The van der Waals surface area contributed by atoms with Crippen LogP contribution in [0.25, 0.3) is 0 Å². The first-order chi connectivity index (χ1) is 11.5. The van der Waals surface area contributed by atoms with Crippen molar-refractivity contribution in [1.82, 2.24) is 4.90 Å². The maximum Gasteiger partial charge on any atom is 0.123 e. The first kappa shape index (κ1) is 17.4. The lowest BCUT2D eigenvalue weighted by Gasteiger charge is -2.39. The van der Waals surface area contributed by atoms with E-state index in [1.807, 2.05) is 12.1 Å². The zero-order chi connectivity index (χ0) is 17.2. The first-order valence-electron chi connectivity index (χ1n) is 8.11. The smallest absolute Gasteiger partial charge is 0.123 e. The minimum absolute atomic E-state index is 0.300. The lowest BCUT2D eigenvalue weighted by Crippen LogP contribution is -2.43. The van der Waals surface area contributed by atoms with E-state index >= 15 is 0 Å². The molecule has 2 aromatic carbocycles. The largest absolute Gasteiger partial charge is 0.387 e. The molecule has 1 fully saturated rings. The van der Waals surface area contributed by atoms with Crippen LogP contribution in [0.15, 0.2) is 48.5 Å². The number of β-amino-alcohol motifs (C(OH)–C–C–N with tert-alkyl or cyclic N) is 1. The van der Waals surface area contributed by atoms with Gasteiger partial charge < -0.3 is 15.1 Å². The molecule has 5 heteroatoms. The molecule has 3 nitrogen and oxygen atoms in total. The van der Waals surface area contributed by atoms with E-state index in [0.717, 1.165) is 11.1 Å². The molecule has 0 radical (unpaired) electrons. The predicted octanol–water partition coefficient (Wildman–Crippen LogP) is 3.50. The van der Waals surface area contributed by atoms with E-state index in [1.165, 1.54) is 12.1 Å². The predicted molar refractivity (Wildman–Crippen MR) is 92.4 cm³/mol. The molecular formula is C19H21ClFNO2. The third kappa shape index (κ3) is 3.95. The SMILES string of the molecule is OC(CN1CCC(O)(c2ccc(F)cc2)CC1)c1ccc(Cl)cc1. The normalized spacial score (nSPS) is 19.2. The molecule has 0 bridgehead atoms. The molecule has 0 spiro atoms. The summed E-state index contributed by atoms with van der Waals surface area (Å²) in [5.74, 6) is -0.300. The van der Waals surface area contributed by atoms with Gasteiger partial charge in [0.15, 0.2) is 0 Å². The second-order valence-electron chi connectivity index (χ2n) is 6.41. The Kier molecular flexibility index (Phi) is 5.21. The number of aliphatic hydroxyl groups excluding tert-OH is 1. The lowest BCUT2D eigenvalue weighted by molar-refractivity contribution is -0.0345. The zero-order valence-electron chi connectivity index (χ0n) is 13.3. The van der Waals surface area contributed by atoms with Gasteiger partial charge in [-0.05, 0) is 48.2 Å². The molecule has 1 heterocycles. The topological polar surface area (TPSA) is 43.7 Å². The van der Waals surface area contributed by atoms with Crippen molar-refractivity contribution in [1.29, 1.82) is 0 Å². The van der Waals surface area contributed by atoms with Gasteiger partial charge >= 0.3 is 0 Å². The third-order valence-corrected chi connectivity index (χ3v) is 5.00. The van der Waals surface area contributed by atoms with Crippen LogP contribution in [-0.2, 0) is 5.60 Å². The van der Waals surface area contributed by atoms with Gasteiger partial charge in [0.2, 0.25) is 0 Å². The monoisotopic (exact) mass is 349 g/mol. The quantitative estimate of drug-likeness (QED) is 0.888. The Bertz CT molecular complexity index is 667. The molecule has 3 rings (SSSR count). The van der Waals surface area contributed by atoms with E-state index in [4.69, 9.17) is 11.6 Å². The van der Waals surface area contributed by atoms with Crippen LogP contribution in [0.2, 0.25) is 5.02 Å². The van der Waals surface area contributed by atoms with Crippen LogP contribution in [0, 0.1) is 5.82 Å². The van der Waals surface area contributed by atoms with Crippen molar-refractivity contribution in [3.8, 4) is 0 Å². The highest BCUT2D eigenvalue weighted by Crippen LogP contribution is 2.33. The highest BCUT2D eigenvalue weighted by Gasteiger charge is 2.34. The maximum absolute atomic E-state index is 13.0. The summed E-state index contributed by atoms with van der Waals surface area (Å²) in [5.41, 5.74) is 0.663. The van der Waals surface area contributed by atoms with Crippen molar-refractivity contribution >= 4 is 11.6 Å². The number of likely N-dealkylation sites (tertiary alicyclic amines) is 1. The van der Waals surface area contributed by atoms with Crippen molar-refractivity contribution in [3.63, 3.8) is 0 Å². The van der Waals surface area contributed by atoms with Crippen molar-refractivity contribution < 1.29 is 14.6 Å². The van der Waals surface area contributed by atoms with Crippen LogP contribution < -0.4 is 0 Å². The Morgan fingerprint density at radius 1 is 1.04 bits per heavy atom. The fourth-order valence-electron chi connectivity index (χ4n) is 3.19. The van der Waals surface area contributed by atoms with Gasteiger partial charge in [-0.25, -0.2) is 4.39 Å². The Morgan fingerprint density at radius 2 is 1.62 bits per heavy atom. The fourth-order valence-corrected chi connectivity index (χ4v) is 3.32. The summed E-state index contributed by atoms with van der Waals surface area (Å²) in [5, 5.41) is 21.8. The number of piperidine rings is 1. The van der Waals surface area contributed by atoms with Crippen molar-refractivity contribution in [2.24, 2.45) is 0 Å². The molecule has 0 aliphatic carbocycles. The Morgan fingerprint density at radius 3 is 2.21 bits per heavy atom. The van der Waals surface area contributed by atoms with Gasteiger partial charge in [0.1, 0.15) is 5.82 Å². The molecule has 1 saturated heterocycles. The second kappa shape index (κ2) is 7.19. The third-order valence-electron chi connectivity index (χ3n) is 4.75. The van der Waals surface area contributed by atoms with Gasteiger partial charge in [0.25, 0.3) is 0 Å². The average molecular weight is 350 g/mol. The van der Waals surface area contributed by atoms with E-state index in [2.05, 4.69) is 4.90 Å².